The fourth-order valence-corrected chi connectivity index (χ4v) is 2.30. The van der Waals surface area contributed by atoms with Crippen molar-refractivity contribution in [1.29, 1.82) is 0 Å². The molecule has 0 saturated carbocycles. The monoisotopic (exact) mass is 402 g/mol. The number of anilines is 1. The Morgan fingerprint density at radius 1 is 1.29 bits per heavy atom. The lowest BCUT2D eigenvalue weighted by molar-refractivity contribution is 0.839. The Morgan fingerprint density at radius 2 is 2.12 bits per heavy atom. The molecule has 2 aromatic rings. The van der Waals surface area contributed by atoms with Gasteiger partial charge in [-0.15, -0.1) is 0 Å². The van der Waals surface area contributed by atoms with Gasteiger partial charge >= 0.3 is 0 Å². The second kappa shape index (κ2) is 5.82. The van der Waals surface area contributed by atoms with Gasteiger partial charge in [0, 0.05) is 19.9 Å². The number of pyridine rings is 1. The second-order valence-electron chi connectivity index (χ2n) is 3.75. The van der Waals surface area contributed by atoms with Crippen LogP contribution >= 0.6 is 38.5 Å². The standard InChI is InChI=1S/C13H12BrIN2/c1-9(13-4-2-3-7-16-13)17-10-5-6-11(14)12(15)8-10/h2-9,17H,1H3. The third-order valence-electron chi connectivity index (χ3n) is 2.43. The number of aromatic nitrogens is 1. The van der Waals surface area contributed by atoms with Crippen molar-refractivity contribution in [2.75, 3.05) is 5.32 Å². The van der Waals surface area contributed by atoms with Crippen LogP contribution in [-0.4, -0.2) is 4.98 Å². The zero-order valence-corrected chi connectivity index (χ0v) is 13.1. The number of nitrogens with zero attached hydrogens (tertiary/aromatic N) is 1. The highest BCUT2D eigenvalue weighted by Gasteiger charge is 2.06. The largest absolute Gasteiger partial charge is 0.377 e. The van der Waals surface area contributed by atoms with Crippen molar-refractivity contribution in [3.63, 3.8) is 0 Å². The molecule has 0 saturated heterocycles. The average Bonchev–Trinajstić information content (AvgIpc) is 2.35. The predicted molar refractivity (Wildman–Crippen MR) is 83.1 cm³/mol. The Labute approximate surface area is 123 Å². The van der Waals surface area contributed by atoms with Gasteiger partial charge in [0.25, 0.3) is 0 Å². The highest BCUT2D eigenvalue weighted by atomic mass is 127. The van der Waals surface area contributed by atoms with Crippen LogP contribution in [0.25, 0.3) is 0 Å². The molecule has 0 aliphatic heterocycles. The number of nitrogens with one attached hydrogen (secondary N) is 1. The van der Waals surface area contributed by atoms with Gasteiger partial charge in [0.05, 0.1) is 11.7 Å². The summed E-state index contributed by atoms with van der Waals surface area (Å²) in [5.41, 5.74) is 2.15. The van der Waals surface area contributed by atoms with Crippen LogP contribution in [-0.2, 0) is 0 Å². The van der Waals surface area contributed by atoms with E-state index in [1.165, 1.54) is 3.57 Å². The lowest BCUT2D eigenvalue weighted by Gasteiger charge is -2.15. The van der Waals surface area contributed by atoms with Crippen molar-refractivity contribution in [3.8, 4) is 0 Å². The van der Waals surface area contributed by atoms with Gasteiger partial charge in [-0.1, -0.05) is 6.07 Å². The lowest BCUT2D eigenvalue weighted by atomic mass is 10.2. The summed E-state index contributed by atoms with van der Waals surface area (Å²) in [6.45, 7) is 2.11. The molecule has 1 unspecified atom stereocenters. The summed E-state index contributed by atoms with van der Waals surface area (Å²) in [5.74, 6) is 0. The first kappa shape index (κ1) is 12.8. The first-order valence-electron chi connectivity index (χ1n) is 5.29. The Morgan fingerprint density at radius 3 is 2.76 bits per heavy atom. The summed E-state index contributed by atoms with van der Waals surface area (Å²) in [6.07, 6.45) is 1.82. The summed E-state index contributed by atoms with van der Waals surface area (Å²) in [6, 6.07) is 12.4. The van der Waals surface area contributed by atoms with Crippen molar-refractivity contribution in [3.05, 3.63) is 56.3 Å². The fraction of sp³-hybridized carbons (Fsp3) is 0.154. The summed E-state index contributed by atoms with van der Waals surface area (Å²) in [5, 5.41) is 3.44. The van der Waals surface area contributed by atoms with E-state index in [0.717, 1.165) is 15.9 Å². The molecular weight excluding hydrogens is 391 g/mol. The predicted octanol–water partition coefficient (Wildman–Crippen LogP) is 4.62. The molecule has 1 N–H and O–H groups in total. The number of hydrogen-bond donors (Lipinski definition) is 1. The minimum atomic E-state index is 0.202. The van der Waals surface area contributed by atoms with Crippen LogP contribution in [0.2, 0.25) is 0 Å². The lowest BCUT2D eigenvalue weighted by Crippen LogP contribution is -2.08. The molecule has 1 heterocycles. The van der Waals surface area contributed by atoms with Gasteiger partial charge < -0.3 is 5.32 Å². The van der Waals surface area contributed by atoms with Crippen LogP contribution in [0.15, 0.2) is 47.1 Å². The van der Waals surface area contributed by atoms with E-state index in [1.807, 2.05) is 24.4 Å². The third-order valence-corrected chi connectivity index (χ3v) is 4.76. The van der Waals surface area contributed by atoms with Crippen LogP contribution in [0.3, 0.4) is 0 Å². The molecule has 0 aliphatic carbocycles. The van der Waals surface area contributed by atoms with Gasteiger partial charge in [-0.3, -0.25) is 4.98 Å². The van der Waals surface area contributed by atoms with Crippen LogP contribution in [0.1, 0.15) is 18.7 Å². The van der Waals surface area contributed by atoms with Crippen molar-refractivity contribution in [1.82, 2.24) is 4.98 Å². The van der Waals surface area contributed by atoms with Crippen LogP contribution in [0.4, 0.5) is 5.69 Å². The second-order valence-corrected chi connectivity index (χ2v) is 5.77. The molecule has 1 aromatic carbocycles. The Kier molecular flexibility index (Phi) is 4.39. The van der Waals surface area contributed by atoms with Gasteiger partial charge in [-0.25, -0.2) is 0 Å². The van der Waals surface area contributed by atoms with E-state index in [4.69, 9.17) is 0 Å². The number of halogens is 2. The normalized spacial score (nSPS) is 12.2. The number of hydrogen-bond acceptors (Lipinski definition) is 2. The summed E-state index contributed by atoms with van der Waals surface area (Å²) < 4.78 is 2.31. The van der Waals surface area contributed by atoms with E-state index < -0.39 is 0 Å². The highest BCUT2D eigenvalue weighted by Crippen LogP contribution is 2.24. The van der Waals surface area contributed by atoms with Crippen molar-refractivity contribution in [2.45, 2.75) is 13.0 Å². The van der Waals surface area contributed by atoms with Crippen LogP contribution in [0.5, 0.6) is 0 Å². The maximum atomic E-state index is 4.34. The van der Waals surface area contributed by atoms with Crippen molar-refractivity contribution >= 4 is 44.2 Å². The third kappa shape index (κ3) is 3.42. The topological polar surface area (TPSA) is 24.9 Å². The molecule has 0 aliphatic rings. The first-order chi connectivity index (χ1) is 8.16. The number of rotatable bonds is 3. The summed E-state index contributed by atoms with van der Waals surface area (Å²) in [4.78, 5) is 4.34. The minimum absolute atomic E-state index is 0.202. The quantitative estimate of drug-likeness (QED) is 0.757. The van der Waals surface area contributed by atoms with Crippen LogP contribution < -0.4 is 5.32 Å². The van der Waals surface area contributed by atoms with E-state index in [-0.39, 0.29) is 6.04 Å². The molecule has 0 spiro atoms. The maximum absolute atomic E-state index is 4.34. The van der Waals surface area contributed by atoms with Crippen LogP contribution in [0, 0.1) is 3.57 Å². The Balaban J connectivity index is 2.13. The average molecular weight is 403 g/mol. The van der Waals surface area contributed by atoms with Gasteiger partial charge in [0.15, 0.2) is 0 Å². The van der Waals surface area contributed by atoms with Gasteiger partial charge in [0.1, 0.15) is 0 Å². The van der Waals surface area contributed by atoms with E-state index >= 15 is 0 Å². The van der Waals surface area contributed by atoms with Crippen molar-refractivity contribution in [2.24, 2.45) is 0 Å². The maximum Gasteiger partial charge on any atom is 0.0657 e. The Hall–Kier alpha value is -0.620. The smallest absolute Gasteiger partial charge is 0.0657 e. The molecule has 4 heteroatoms. The molecule has 2 nitrogen and oxygen atoms in total. The molecule has 0 radical (unpaired) electrons. The molecule has 0 fully saturated rings. The van der Waals surface area contributed by atoms with E-state index in [0.29, 0.717) is 0 Å². The zero-order valence-electron chi connectivity index (χ0n) is 9.32. The molecule has 1 aromatic heterocycles. The molecule has 2 rings (SSSR count). The highest BCUT2D eigenvalue weighted by molar-refractivity contribution is 14.1. The molecular formula is C13H12BrIN2. The molecule has 1 atom stereocenters. The van der Waals surface area contributed by atoms with E-state index in [2.05, 4.69) is 73.9 Å². The summed E-state index contributed by atoms with van der Waals surface area (Å²) in [7, 11) is 0. The SMILES string of the molecule is CC(Nc1ccc(Br)c(I)c1)c1ccccn1. The first-order valence-corrected chi connectivity index (χ1v) is 7.16. The minimum Gasteiger partial charge on any atom is -0.377 e. The number of benzene rings is 1. The van der Waals surface area contributed by atoms with E-state index in [9.17, 15) is 0 Å². The zero-order chi connectivity index (χ0) is 12.3. The summed E-state index contributed by atoms with van der Waals surface area (Å²) >= 11 is 5.80. The van der Waals surface area contributed by atoms with Gasteiger partial charge in [-0.05, 0) is 75.8 Å². The molecule has 0 bridgehead atoms. The molecule has 88 valence electrons. The van der Waals surface area contributed by atoms with E-state index in [1.54, 1.807) is 0 Å². The van der Waals surface area contributed by atoms with Gasteiger partial charge in [0.2, 0.25) is 0 Å². The molecule has 0 amide bonds. The fourth-order valence-electron chi connectivity index (χ4n) is 1.54. The Bertz CT molecular complexity index is 502. The van der Waals surface area contributed by atoms with Crippen molar-refractivity contribution < 1.29 is 0 Å². The molecule has 17 heavy (non-hydrogen) atoms. The van der Waals surface area contributed by atoms with Gasteiger partial charge in [-0.2, -0.15) is 0 Å².